The molecule has 1 aromatic heterocycles. The van der Waals surface area contributed by atoms with E-state index in [9.17, 15) is 4.79 Å². The molecule has 0 saturated heterocycles. The molecule has 0 unspecified atom stereocenters. The van der Waals surface area contributed by atoms with Crippen LogP contribution in [0.3, 0.4) is 0 Å². The van der Waals surface area contributed by atoms with Crippen molar-refractivity contribution in [3.05, 3.63) is 45.9 Å². The van der Waals surface area contributed by atoms with Crippen molar-refractivity contribution >= 4 is 17.2 Å². The van der Waals surface area contributed by atoms with Gasteiger partial charge in [0.15, 0.2) is 0 Å². The Bertz CT molecular complexity index is 654. The zero-order valence-electron chi connectivity index (χ0n) is 14.2. The topological polar surface area (TPSA) is 42.4 Å². The number of nitrogens with zero attached hydrogens (tertiary/aromatic N) is 2. The predicted molar refractivity (Wildman–Crippen MR) is 93.6 cm³/mol. The number of benzene rings is 1. The molecule has 1 aromatic carbocycles. The quantitative estimate of drug-likeness (QED) is 0.764. The van der Waals surface area contributed by atoms with Crippen LogP contribution in [0.2, 0.25) is 0 Å². The Balaban J connectivity index is 1.96. The van der Waals surface area contributed by atoms with Gasteiger partial charge in [-0.25, -0.2) is 4.98 Å². The highest BCUT2D eigenvalue weighted by Gasteiger charge is 2.17. The zero-order valence-corrected chi connectivity index (χ0v) is 15.0. The number of aryl methyl sites for hydroxylation is 1. The van der Waals surface area contributed by atoms with Crippen LogP contribution in [0.4, 0.5) is 0 Å². The zero-order chi connectivity index (χ0) is 16.8. The Morgan fingerprint density at radius 2 is 2.22 bits per heavy atom. The maximum Gasteiger partial charge on any atom is 0.220 e. The average molecular weight is 332 g/mol. The summed E-state index contributed by atoms with van der Waals surface area (Å²) in [4.78, 5) is 18.2. The third-order valence-electron chi connectivity index (χ3n) is 3.81. The molecule has 0 aliphatic carbocycles. The van der Waals surface area contributed by atoms with E-state index in [1.807, 2.05) is 41.5 Å². The van der Waals surface area contributed by atoms with Gasteiger partial charge in [-0.15, -0.1) is 11.3 Å². The van der Waals surface area contributed by atoms with Gasteiger partial charge in [0.25, 0.3) is 0 Å². The lowest BCUT2D eigenvalue weighted by Gasteiger charge is -2.26. The summed E-state index contributed by atoms with van der Waals surface area (Å²) < 4.78 is 5.77. The fraction of sp³-hybridized carbons (Fsp3) is 0.444. The molecule has 4 nitrogen and oxygen atoms in total. The van der Waals surface area contributed by atoms with Gasteiger partial charge < -0.3 is 9.64 Å². The third kappa shape index (κ3) is 5.06. The predicted octanol–water partition coefficient (Wildman–Crippen LogP) is 4.18. The van der Waals surface area contributed by atoms with Crippen LogP contribution in [0, 0.1) is 6.92 Å². The van der Waals surface area contributed by atoms with Crippen molar-refractivity contribution in [1.29, 1.82) is 0 Å². The highest BCUT2D eigenvalue weighted by atomic mass is 32.1. The Morgan fingerprint density at radius 3 is 2.87 bits per heavy atom. The number of amides is 1. The first-order valence-electron chi connectivity index (χ1n) is 7.89. The van der Waals surface area contributed by atoms with E-state index in [4.69, 9.17) is 4.74 Å². The summed E-state index contributed by atoms with van der Waals surface area (Å²) in [6.07, 6.45) is 0.938. The van der Waals surface area contributed by atoms with Crippen molar-refractivity contribution < 1.29 is 9.53 Å². The second-order valence-electron chi connectivity index (χ2n) is 5.74. The van der Waals surface area contributed by atoms with Gasteiger partial charge in [0, 0.05) is 18.3 Å². The van der Waals surface area contributed by atoms with E-state index < -0.39 is 0 Å². The van der Waals surface area contributed by atoms with Crippen LogP contribution >= 0.6 is 11.3 Å². The fourth-order valence-corrected chi connectivity index (χ4v) is 3.01. The van der Waals surface area contributed by atoms with Crippen LogP contribution in [0.1, 0.15) is 43.5 Å². The number of rotatable bonds is 7. The summed E-state index contributed by atoms with van der Waals surface area (Å²) in [5.41, 5.74) is 2.10. The summed E-state index contributed by atoms with van der Waals surface area (Å²) in [5.74, 6) is 0.941. The van der Waals surface area contributed by atoms with Gasteiger partial charge in [0.05, 0.1) is 12.2 Å². The molecule has 5 heteroatoms. The van der Waals surface area contributed by atoms with Crippen molar-refractivity contribution in [2.75, 3.05) is 0 Å². The minimum atomic E-state index is 0.0879. The van der Waals surface area contributed by atoms with Crippen molar-refractivity contribution in [2.45, 2.75) is 53.3 Å². The third-order valence-corrected chi connectivity index (χ3v) is 4.68. The summed E-state index contributed by atoms with van der Waals surface area (Å²) in [6, 6.07) is 8.20. The molecule has 1 heterocycles. The van der Waals surface area contributed by atoms with Crippen molar-refractivity contribution in [2.24, 2.45) is 0 Å². The number of thiazole rings is 1. The molecule has 0 aliphatic rings. The van der Waals surface area contributed by atoms with Crippen molar-refractivity contribution in [3.63, 3.8) is 0 Å². The van der Waals surface area contributed by atoms with Crippen LogP contribution in [0.25, 0.3) is 0 Å². The molecule has 124 valence electrons. The summed E-state index contributed by atoms with van der Waals surface area (Å²) in [6.45, 7) is 8.82. The lowest BCUT2D eigenvalue weighted by molar-refractivity contribution is -0.131. The number of hydrogen-bond acceptors (Lipinski definition) is 4. The minimum Gasteiger partial charge on any atom is -0.486 e. The number of hydrogen-bond donors (Lipinski definition) is 0. The van der Waals surface area contributed by atoms with Gasteiger partial charge in [-0.3, -0.25) is 4.79 Å². The molecule has 0 aliphatic heterocycles. The SMILES string of the molecule is CC[C@H](C)N(Cc1csc(COc2cccc(C)c2)n1)C(C)=O. The monoisotopic (exact) mass is 332 g/mol. The molecule has 0 bridgehead atoms. The van der Waals surface area contributed by atoms with Crippen LogP contribution in [-0.2, 0) is 17.9 Å². The Morgan fingerprint density at radius 1 is 1.43 bits per heavy atom. The number of aromatic nitrogens is 1. The molecule has 2 rings (SSSR count). The molecular formula is C18H24N2O2S. The summed E-state index contributed by atoms with van der Waals surface area (Å²) in [7, 11) is 0. The minimum absolute atomic E-state index is 0.0879. The van der Waals surface area contributed by atoms with E-state index in [0.717, 1.165) is 22.9 Å². The molecule has 23 heavy (non-hydrogen) atoms. The second-order valence-corrected chi connectivity index (χ2v) is 6.68. The maximum atomic E-state index is 11.8. The van der Waals surface area contributed by atoms with Crippen LogP contribution in [-0.4, -0.2) is 21.8 Å². The van der Waals surface area contributed by atoms with Gasteiger partial charge >= 0.3 is 0 Å². The highest BCUT2D eigenvalue weighted by molar-refractivity contribution is 7.09. The first-order valence-corrected chi connectivity index (χ1v) is 8.77. The van der Waals surface area contributed by atoms with Gasteiger partial charge in [0.1, 0.15) is 17.4 Å². The van der Waals surface area contributed by atoms with E-state index in [1.54, 1.807) is 18.3 Å². The Labute approximate surface area is 142 Å². The first-order chi connectivity index (χ1) is 11.0. The number of carbonyl (C=O) groups is 1. The molecule has 0 spiro atoms. The average Bonchev–Trinajstić information content (AvgIpc) is 2.97. The largest absolute Gasteiger partial charge is 0.486 e. The van der Waals surface area contributed by atoms with Gasteiger partial charge in [-0.05, 0) is 38.0 Å². The van der Waals surface area contributed by atoms with Gasteiger partial charge in [-0.2, -0.15) is 0 Å². The van der Waals surface area contributed by atoms with Crippen molar-refractivity contribution in [1.82, 2.24) is 9.88 Å². The maximum absolute atomic E-state index is 11.8. The molecule has 1 atom stereocenters. The van der Waals surface area contributed by atoms with E-state index >= 15 is 0 Å². The molecule has 0 N–H and O–H groups in total. The summed E-state index contributed by atoms with van der Waals surface area (Å²) >= 11 is 1.57. The van der Waals surface area contributed by atoms with E-state index in [0.29, 0.717) is 13.2 Å². The molecule has 2 aromatic rings. The van der Waals surface area contributed by atoms with Gasteiger partial charge in [0.2, 0.25) is 5.91 Å². The van der Waals surface area contributed by atoms with Crippen molar-refractivity contribution in [3.8, 4) is 5.75 Å². The second kappa shape index (κ2) is 8.11. The smallest absolute Gasteiger partial charge is 0.220 e. The molecule has 0 radical (unpaired) electrons. The fourth-order valence-electron chi connectivity index (χ4n) is 2.31. The van der Waals surface area contributed by atoms with E-state index in [-0.39, 0.29) is 11.9 Å². The molecule has 1 amide bonds. The molecular weight excluding hydrogens is 308 g/mol. The van der Waals surface area contributed by atoms with E-state index in [2.05, 4.69) is 18.8 Å². The molecule has 0 saturated carbocycles. The normalized spacial score (nSPS) is 12.0. The lowest BCUT2D eigenvalue weighted by atomic mass is 10.2. The standard InChI is InChI=1S/C18H24N2O2S/c1-5-14(3)20(15(4)21)10-16-12-23-18(19-16)11-22-17-8-6-7-13(2)9-17/h6-9,12,14H,5,10-11H2,1-4H3/t14-/m0/s1. The van der Waals surface area contributed by atoms with Crippen LogP contribution in [0.5, 0.6) is 5.75 Å². The Kier molecular flexibility index (Phi) is 6.16. The van der Waals surface area contributed by atoms with Crippen LogP contribution < -0.4 is 4.74 Å². The number of carbonyl (C=O) groups excluding carboxylic acids is 1. The lowest BCUT2D eigenvalue weighted by Crippen LogP contribution is -2.36. The van der Waals surface area contributed by atoms with E-state index in [1.165, 1.54) is 5.56 Å². The Hall–Kier alpha value is -1.88. The van der Waals surface area contributed by atoms with Gasteiger partial charge in [-0.1, -0.05) is 19.1 Å². The highest BCUT2D eigenvalue weighted by Crippen LogP contribution is 2.18. The first kappa shape index (κ1) is 17.5. The van der Waals surface area contributed by atoms with Crippen LogP contribution in [0.15, 0.2) is 29.6 Å². The summed E-state index contributed by atoms with van der Waals surface area (Å²) in [5, 5.41) is 2.93. The molecule has 0 fully saturated rings. The number of ether oxygens (including phenoxy) is 1.